The van der Waals surface area contributed by atoms with E-state index in [1.54, 1.807) is 4.90 Å². The summed E-state index contributed by atoms with van der Waals surface area (Å²) in [6.07, 6.45) is 1.36. The molecule has 5 heteroatoms. The van der Waals surface area contributed by atoms with E-state index in [-0.39, 0.29) is 17.1 Å². The second-order valence-corrected chi connectivity index (χ2v) is 5.17. The van der Waals surface area contributed by atoms with Gasteiger partial charge < -0.3 is 4.90 Å². The summed E-state index contributed by atoms with van der Waals surface area (Å²) in [6.45, 7) is 1.25. The van der Waals surface area contributed by atoms with E-state index in [1.807, 2.05) is 17.5 Å². The van der Waals surface area contributed by atoms with Crippen molar-refractivity contribution >= 4 is 34.1 Å². The molecule has 0 unspecified atom stereocenters. The minimum absolute atomic E-state index is 0.0653. The number of halogens is 1. The van der Waals surface area contributed by atoms with Crippen molar-refractivity contribution in [3.63, 3.8) is 0 Å². The largest absolute Gasteiger partial charge is 0.338 e. The fourth-order valence-electron chi connectivity index (χ4n) is 1.87. The Morgan fingerprint density at radius 3 is 2.56 bits per heavy atom. The molecule has 2 rings (SSSR count). The Morgan fingerprint density at radius 1 is 1.38 bits per heavy atom. The van der Waals surface area contributed by atoms with Crippen molar-refractivity contribution in [1.29, 1.82) is 0 Å². The summed E-state index contributed by atoms with van der Waals surface area (Å²) in [4.78, 5) is 25.5. The van der Waals surface area contributed by atoms with Crippen LogP contribution >= 0.6 is 22.9 Å². The minimum Gasteiger partial charge on any atom is -0.338 e. The standard InChI is InChI=1S/C11H12ClNO2S/c12-10(14)8-3-5-13(6-4-8)11(15)9-2-1-7-16-9/h1-2,7-8H,3-6H2. The maximum absolute atomic E-state index is 12.0. The van der Waals surface area contributed by atoms with E-state index in [0.29, 0.717) is 25.9 Å². The molecule has 0 N–H and O–H groups in total. The van der Waals surface area contributed by atoms with Crippen molar-refractivity contribution in [3.8, 4) is 0 Å². The van der Waals surface area contributed by atoms with Crippen LogP contribution in [0.2, 0.25) is 0 Å². The number of rotatable bonds is 2. The lowest BCUT2D eigenvalue weighted by Gasteiger charge is -2.29. The van der Waals surface area contributed by atoms with Gasteiger partial charge in [-0.2, -0.15) is 0 Å². The molecular weight excluding hydrogens is 246 g/mol. The SMILES string of the molecule is O=C(Cl)C1CCN(C(=O)c2cccs2)CC1. The van der Waals surface area contributed by atoms with Gasteiger partial charge in [0.15, 0.2) is 0 Å². The molecule has 0 aromatic carbocycles. The van der Waals surface area contributed by atoms with Gasteiger partial charge in [-0.3, -0.25) is 9.59 Å². The number of hydrogen-bond acceptors (Lipinski definition) is 3. The van der Waals surface area contributed by atoms with Crippen LogP contribution in [0.3, 0.4) is 0 Å². The third-order valence-corrected chi connectivity index (χ3v) is 4.00. The molecule has 2 heterocycles. The Balaban J connectivity index is 1.94. The van der Waals surface area contributed by atoms with Crippen molar-refractivity contribution < 1.29 is 9.59 Å². The smallest absolute Gasteiger partial charge is 0.263 e. The molecule has 1 aliphatic rings. The summed E-state index contributed by atoms with van der Waals surface area (Å²) in [5.41, 5.74) is 0. The highest BCUT2D eigenvalue weighted by Gasteiger charge is 2.26. The first-order valence-electron chi connectivity index (χ1n) is 5.20. The number of hydrogen-bond donors (Lipinski definition) is 0. The maximum Gasteiger partial charge on any atom is 0.263 e. The summed E-state index contributed by atoms with van der Waals surface area (Å²) in [5, 5.41) is 1.62. The quantitative estimate of drug-likeness (QED) is 0.763. The third kappa shape index (κ3) is 2.44. The molecule has 86 valence electrons. The van der Waals surface area contributed by atoms with Gasteiger partial charge in [0.1, 0.15) is 0 Å². The van der Waals surface area contributed by atoms with Crippen molar-refractivity contribution in [2.24, 2.45) is 5.92 Å². The second kappa shape index (κ2) is 4.97. The van der Waals surface area contributed by atoms with Crippen LogP contribution in [-0.2, 0) is 4.79 Å². The van der Waals surface area contributed by atoms with Gasteiger partial charge in [-0.15, -0.1) is 11.3 Å². The van der Waals surface area contributed by atoms with Crippen LogP contribution in [0.1, 0.15) is 22.5 Å². The summed E-state index contributed by atoms with van der Waals surface area (Å²) in [5.74, 6) is -0.00970. The molecule has 0 aliphatic carbocycles. The number of thiophene rings is 1. The number of carbonyl (C=O) groups is 2. The molecule has 0 radical (unpaired) electrons. The fourth-order valence-corrected chi connectivity index (χ4v) is 2.77. The summed E-state index contributed by atoms with van der Waals surface area (Å²) in [7, 11) is 0. The average Bonchev–Trinajstić information content (AvgIpc) is 2.81. The van der Waals surface area contributed by atoms with E-state index >= 15 is 0 Å². The van der Waals surface area contributed by atoms with Crippen LogP contribution in [0.5, 0.6) is 0 Å². The maximum atomic E-state index is 12.0. The van der Waals surface area contributed by atoms with Crippen LogP contribution in [0.25, 0.3) is 0 Å². The number of nitrogens with zero attached hydrogens (tertiary/aromatic N) is 1. The molecular formula is C11H12ClNO2S. The third-order valence-electron chi connectivity index (χ3n) is 2.84. The lowest BCUT2D eigenvalue weighted by atomic mass is 9.98. The predicted octanol–water partition coefficient (Wildman–Crippen LogP) is 2.37. The number of likely N-dealkylation sites (tertiary alicyclic amines) is 1. The Bertz CT molecular complexity index is 383. The van der Waals surface area contributed by atoms with E-state index in [2.05, 4.69) is 0 Å². The monoisotopic (exact) mass is 257 g/mol. The van der Waals surface area contributed by atoms with Gasteiger partial charge in [0.2, 0.25) is 5.24 Å². The van der Waals surface area contributed by atoms with Gasteiger partial charge in [-0.25, -0.2) is 0 Å². The molecule has 1 aromatic heterocycles. The van der Waals surface area contributed by atoms with Crippen LogP contribution in [0.4, 0.5) is 0 Å². The van der Waals surface area contributed by atoms with Gasteiger partial charge in [0, 0.05) is 19.0 Å². The van der Waals surface area contributed by atoms with E-state index in [1.165, 1.54) is 11.3 Å². The van der Waals surface area contributed by atoms with Gasteiger partial charge in [-0.1, -0.05) is 6.07 Å². The lowest BCUT2D eigenvalue weighted by Crippen LogP contribution is -2.39. The molecule has 0 atom stereocenters. The fraction of sp³-hybridized carbons (Fsp3) is 0.455. The van der Waals surface area contributed by atoms with Crippen LogP contribution in [0, 0.1) is 5.92 Å². The summed E-state index contributed by atoms with van der Waals surface area (Å²) in [6, 6.07) is 3.69. The second-order valence-electron chi connectivity index (χ2n) is 3.85. The molecule has 1 aliphatic heterocycles. The molecule has 3 nitrogen and oxygen atoms in total. The topological polar surface area (TPSA) is 37.4 Å². The minimum atomic E-state index is -0.275. The van der Waals surface area contributed by atoms with Crippen LogP contribution in [-0.4, -0.2) is 29.1 Å². The van der Waals surface area contributed by atoms with E-state index in [4.69, 9.17) is 11.6 Å². The number of carbonyl (C=O) groups excluding carboxylic acids is 2. The average molecular weight is 258 g/mol. The van der Waals surface area contributed by atoms with Crippen LogP contribution in [0.15, 0.2) is 17.5 Å². The molecule has 0 spiro atoms. The van der Waals surface area contributed by atoms with Crippen molar-refractivity contribution in [1.82, 2.24) is 4.90 Å². The zero-order valence-electron chi connectivity index (χ0n) is 8.69. The zero-order valence-corrected chi connectivity index (χ0v) is 10.3. The molecule has 1 aromatic rings. The van der Waals surface area contributed by atoms with E-state index in [0.717, 1.165) is 4.88 Å². The van der Waals surface area contributed by atoms with Gasteiger partial charge in [0.25, 0.3) is 5.91 Å². The predicted molar refractivity (Wildman–Crippen MR) is 63.8 cm³/mol. The molecule has 1 amide bonds. The number of piperidine rings is 1. The first kappa shape index (κ1) is 11.6. The highest BCUT2D eigenvalue weighted by Crippen LogP contribution is 2.22. The Kier molecular flexibility index (Phi) is 3.61. The molecule has 16 heavy (non-hydrogen) atoms. The Labute approximate surface area is 103 Å². The van der Waals surface area contributed by atoms with Crippen LogP contribution < -0.4 is 0 Å². The lowest BCUT2D eigenvalue weighted by molar-refractivity contribution is -0.116. The first-order valence-corrected chi connectivity index (χ1v) is 6.46. The van der Waals surface area contributed by atoms with E-state index in [9.17, 15) is 9.59 Å². The Morgan fingerprint density at radius 2 is 2.06 bits per heavy atom. The van der Waals surface area contributed by atoms with Gasteiger partial charge in [-0.05, 0) is 35.9 Å². The summed E-state index contributed by atoms with van der Waals surface area (Å²) >= 11 is 6.89. The molecule has 1 fully saturated rings. The normalized spacial score (nSPS) is 17.4. The van der Waals surface area contributed by atoms with Gasteiger partial charge >= 0.3 is 0 Å². The molecule has 0 bridgehead atoms. The molecule has 1 saturated heterocycles. The first-order chi connectivity index (χ1) is 7.68. The zero-order chi connectivity index (χ0) is 11.5. The molecule has 0 saturated carbocycles. The van der Waals surface area contributed by atoms with Crippen molar-refractivity contribution in [2.75, 3.05) is 13.1 Å². The van der Waals surface area contributed by atoms with Gasteiger partial charge in [0.05, 0.1) is 4.88 Å². The number of amides is 1. The highest BCUT2D eigenvalue weighted by atomic mass is 35.5. The van der Waals surface area contributed by atoms with E-state index < -0.39 is 0 Å². The highest BCUT2D eigenvalue weighted by molar-refractivity contribution is 7.12. The Hall–Kier alpha value is -0.870. The van der Waals surface area contributed by atoms with Crippen molar-refractivity contribution in [3.05, 3.63) is 22.4 Å². The van der Waals surface area contributed by atoms with Crippen molar-refractivity contribution in [2.45, 2.75) is 12.8 Å². The summed E-state index contributed by atoms with van der Waals surface area (Å²) < 4.78 is 0.